The molecule has 2 rings (SSSR count). The first-order valence-electron chi connectivity index (χ1n) is 6.56. The first-order chi connectivity index (χ1) is 10.00. The molecule has 0 spiro atoms. The third kappa shape index (κ3) is 4.50. The lowest BCUT2D eigenvalue weighted by Crippen LogP contribution is -2.15. The van der Waals surface area contributed by atoms with Crippen molar-refractivity contribution in [2.75, 3.05) is 18.1 Å². The highest BCUT2D eigenvalue weighted by Gasteiger charge is 2.30. The van der Waals surface area contributed by atoms with E-state index in [2.05, 4.69) is 5.92 Å². The van der Waals surface area contributed by atoms with Gasteiger partial charge in [0, 0.05) is 6.42 Å². The first-order valence-corrected chi connectivity index (χ1v) is 8.39. The molecule has 0 radical (unpaired) electrons. The van der Waals surface area contributed by atoms with Crippen LogP contribution in [-0.2, 0) is 14.6 Å². The maximum absolute atomic E-state index is 11.9. The van der Waals surface area contributed by atoms with E-state index in [1.807, 2.05) is 0 Å². The Bertz CT molecular complexity index is 657. The number of sulfone groups is 1. The van der Waals surface area contributed by atoms with Gasteiger partial charge in [0.05, 0.1) is 11.5 Å². The molecule has 5 nitrogen and oxygen atoms in total. The van der Waals surface area contributed by atoms with Crippen LogP contribution < -0.4 is 9.47 Å². The van der Waals surface area contributed by atoms with Crippen LogP contribution in [0.3, 0.4) is 0 Å². The molecule has 0 aliphatic carbocycles. The Morgan fingerprint density at radius 1 is 1.33 bits per heavy atom. The molecule has 6 heteroatoms. The van der Waals surface area contributed by atoms with Gasteiger partial charge in [0.1, 0.15) is 6.61 Å². The zero-order valence-corrected chi connectivity index (χ0v) is 12.3. The molecule has 1 aromatic carbocycles. The van der Waals surface area contributed by atoms with Crippen LogP contribution in [0.15, 0.2) is 24.3 Å². The second-order valence-electron chi connectivity index (χ2n) is 4.89. The Hall–Kier alpha value is -2.00. The number of hydrogen-bond acceptors (Lipinski definition) is 5. The Morgan fingerprint density at radius 2 is 2.05 bits per heavy atom. The van der Waals surface area contributed by atoms with Crippen molar-refractivity contribution in [1.82, 2.24) is 0 Å². The molecule has 0 N–H and O–H groups in total. The summed E-state index contributed by atoms with van der Waals surface area (Å²) >= 11 is 0. The SMILES string of the molecule is C#CCOc1ccccc1OC(=O)CC1CCS(=O)(=O)C1. The van der Waals surface area contributed by atoms with Crippen LogP contribution >= 0.6 is 0 Å². The Labute approximate surface area is 124 Å². The van der Waals surface area contributed by atoms with Crippen LogP contribution in [-0.4, -0.2) is 32.5 Å². The number of hydrogen-bond donors (Lipinski definition) is 0. The smallest absolute Gasteiger partial charge is 0.311 e. The molecule has 0 saturated carbocycles. The van der Waals surface area contributed by atoms with E-state index in [0.29, 0.717) is 17.9 Å². The molecule has 0 amide bonds. The molecule has 1 fully saturated rings. The van der Waals surface area contributed by atoms with E-state index >= 15 is 0 Å². The van der Waals surface area contributed by atoms with Crippen molar-refractivity contribution in [1.29, 1.82) is 0 Å². The predicted octanol–water partition coefficient (Wildman–Crippen LogP) is 1.43. The van der Waals surface area contributed by atoms with Crippen LogP contribution in [0.4, 0.5) is 0 Å². The number of benzene rings is 1. The lowest BCUT2D eigenvalue weighted by Gasteiger charge is -2.11. The van der Waals surface area contributed by atoms with Gasteiger partial charge in [-0.2, -0.15) is 0 Å². The first kappa shape index (κ1) is 15.4. The summed E-state index contributed by atoms with van der Waals surface area (Å²) in [6.45, 7) is 0.0788. The summed E-state index contributed by atoms with van der Waals surface area (Å²) in [6, 6.07) is 6.72. The van der Waals surface area contributed by atoms with Crippen LogP contribution in [0.25, 0.3) is 0 Å². The monoisotopic (exact) mass is 308 g/mol. The fraction of sp³-hybridized carbons (Fsp3) is 0.400. The zero-order chi connectivity index (χ0) is 15.3. The van der Waals surface area contributed by atoms with Gasteiger partial charge in [-0.25, -0.2) is 8.42 Å². The summed E-state index contributed by atoms with van der Waals surface area (Å²) in [5.74, 6) is 2.59. The van der Waals surface area contributed by atoms with Crippen LogP contribution in [0.2, 0.25) is 0 Å². The van der Waals surface area contributed by atoms with Crippen LogP contribution in [0, 0.1) is 18.3 Å². The fourth-order valence-electron chi connectivity index (χ4n) is 2.21. The van der Waals surface area contributed by atoms with Gasteiger partial charge in [0.25, 0.3) is 0 Å². The average Bonchev–Trinajstić information content (AvgIpc) is 2.76. The minimum absolute atomic E-state index is 0.0529. The van der Waals surface area contributed by atoms with Crippen molar-refractivity contribution in [3.05, 3.63) is 24.3 Å². The summed E-state index contributed by atoms with van der Waals surface area (Å²) < 4.78 is 33.3. The molecule has 1 aliphatic rings. The van der Waals surface area contributed by atoms with Crippen molar-refractivity contribution in [2.24, 2.45) is 5.92 Å². The van der Waals surface area contributed by atoms with Gasteiger partial charge in [0.15, 0.2) is 21.3 Å². The Morgan fingerprint density at radius 3 is 2.67 bits per heavy atom. The van der Waals surface area contributed by atoms with E-state index in [0.717, 1.165) is 0 Å². The number of carbonyl (C=O) groups is 1. The van der Waals surface area contributed by atoms with Crippen LogP contribution in [0.5, 0.6) is 11.5 Å². The summed E-state index contributed by atoms with van der Waals surface area (Å²) in [6.07, 6.45) is 5.71. The predicted molar refractivity (Wildman–Crippen MR) is 77.8 cm³/mol. The topological polar surface area (TPSA) is 69.7 Å². The van der Waals surface area contributed by atoms with E-state index < -0.39 is 15.8 Å². The molecular weight excluding hydrogens is 292 g/mol. The molecule has 1 aromatic rings. The Kier molecular flexibility index (Phi) is 4.86. The van der Waals surface area contributed by atoms with Gasteiger partial charge in [-0.1, -0.05) is 18.1 Å². The molecular formula is C15H16O5S. The number of ether oxygens (including phenoxy) is 2. The van der Waals surface area contributed by atoms with Crippen molar-refractivity contribution < 1.29 is 22.7 Å². The molecule has 0 bridgehead atoms. The summed E-state index contributed by atoms with van der Waals surface area (Å²) in [4.78, 5) is 11.9. The normalized spacial score (nSPS) is 19.7. The molecule has 1 unspecified atom stereocenters. The van der Waals surface area contributed by atoms with Crippen molar-refractivity contribution in [3.63, 3.8) is 0 Å². The summed E-state index contributed by atoms with van der Waals surface area (Å²) in [5, 5.41) is 0. The van der Waals surface area contributed by atoms with Gasteiger partial charge < -0.3 is 9.47 Å². The average molecular weight is 308 g/mol. The Balaban J connectivity index is 1.95. The third-order valence-electron chi connectivity index (χ3n) is 3.17. The standard InChI is InChI=1S/C15H16O5S/c1-2-8-19-13-5-3-4-6-14(13)20-15(16)10-12-7-9-21(17,18)11-12/h1,3-6,12H,7-11H2. The van der Waals surface area contributed by atoms with E-state index in [1.165, 1.54) is 0 Å². The fourth-order valence-corrected chi connectivity index (χ4v) is 4.07. The quantitative estimate of drug-likeness (QED) is 0.467. The van der Waals surface area contributed by atoms with Crippen molar-refractivity contribution in [2.45, 2.75) is 12.8 Å². The second kappa shape index (κ2) is 6.64. The van der Waals surface area contributed by atoms with Gasteiger partial charge in [0.2, 0.25) is 0 Å². The molecule has 21 heavy (non-hydrogen) atoms. The lowest BCUT2D eigenvalue weighted by atomic mass is 10.1. The number of esters is 1. The number of para-hydroxylation sites is 2. The molecule has 1 aliphatic heterocycles. The summed E-state index contributed by atoms with van der Waals surface area (Å²) in [7, 11) is -2.99. The highest BCUT2D eigenvalue weighted by molar-refractivity contribution is 7.91. The van der Waals surface area contributed by atoms with E-state index in [4.69, 9.17) is 15.9 Å². The van der Waals surface area contributed by atoms with E-state index in [1.54, 1.807) is 24.3 Å². The number of rotatable bonds is 5. The molecule has 112 valence electrons. The lowest BCUT2D eigenvalue weighted by molar-refractivity contribution is -0.135. The second-order valence-corrected chi connectivity index (χ2v) is 7.12. The highest BCUT2D eigenvalue weighted by atomic mass is 32.2. The maximum atomic E-state index is 11.9. The number of carbonyl (C=O) groups excluding carboxylic acids is 1. The molecule has 1 atom stereocenters. The van der Waals surface area contributed by atoms with Crippen LogP contribution in [0.1, 0.15) is 12.8 Å². The van der Waals surface area contributed by atoms with Crippen molar-refractivity contribution in [3.8, 4) is 23.8 Å². The highest BCUT2D eigenvalue weighted by Crippen LogP contribution is 2.28. The molecule has 1 heterocycles. The molecule has 1 saturated heterocycles. The van der Waals surface area contributed by atoms with E-state index in [-0.39, 0.29) is 30.5 Å². The molecule has 0 aromatic heterocycles. The largest absolute Gasteiger partial charge is 0.477 e. The minimum atomic E-state index is -2.99. The van der Waals surface area contributed by atoms with Crippen molar-refractivity contribution >= 4 is 15.8 Å². The maximum Gasteiger partial charge on any atom is 0.311 e. The number of terminal acetylenes is 1. The van der Waals surface area contributed by atoms with Gasteiger partial charge >= 0.3 is 5.97 Å². The van der Waals surface area contributed by atoms with Gasteiger partial charge in [-0.15, -0.1) is 6.42 Å². The minimum Gasteiger partial charge on any atom is -0.477 e. The van der Waals surface area contributed by atoms with Gasteiger partial charge in [-0.3, -0.25) is 4.79 Å². The van der Waals surface area contributed by atoms with E-state index in [9.17, 15) is 13.2 Å². The summed E-state index contributed by atoms with van der Waals surface area (Å²) in [5.41, 5.74) is 0. The zero-order valence-electron chi connectivity index (χ0n) is 11.4. The van der Waals surface area contributed by atoms with Gasteiger partial charge in [-0.05, 0) is 24.5 Å². The third-order valence-corrected chi connectivity index (χ3v) is 5.00.